The van der Waals surface area contributed by atoms with Gasteiger partial charge >= 0.3 is 0 Å². The van der Waals surface area contributed by atoms with Crippen LogP contribution in [-0.4, -0.2) is 24.7 Å². The van der Waals surface area contributed by atoms with Gasteiger partial charge in [0, 0.05) is 32.2 Å². The third-order valence-corrected chi connectivity index (χ3v) is 2.11. The van der Waals surface area contributed by atoms with Crippen LogP contribution in [0, 0.1) is 6.92 Å². The third-order valence-electron chi connectivity index (χ3n) is 2.11. The fourth-order valence-corrected chi connectivity index (χ4v) is 1.39. The van der Waals surface area contributed by atoms with E-state index in [1.807, 2.05) is 19.3 Å². The summed E-state index contributed by atoms with van der Waals surface area (Å²) < 4.78 is 5.25. The van der Waals surface area contributed by atoms with E-state index in [1.54, 1.807) is 0 Å². The lowest BCUT2D eigenvalue weighted by molar-refractivity contribution is 0.144. The zero-order valence-corrected chi connectivity index (χ0v) is 9.62. The Hall–Kier alpha value is -0.930. The van der Waals surface area contributed by atoms with E-state index in [1.165, 1.54) is 11.1 Å². The molecule has 1 rings (SSSR count). The lowest BCUT2D eigenvalue weighted by Gasteiger charge is -2.05. The van der Waals surface area contributed by atoms with Gasteiger partial charge in [-0.1, -0.05) is 6.07 Å². The summed E-state index contributed by atoms with van der Waals surface area (Å²) in [6, 6.07) is 2.16. The van der Waals surface area contributed by atoms with Crippen molar-refractivity contribution in [2.75, 3.05) is 19.8 Å². The summed E-state index contributed by atoms with van der Waals surface area (Å²) in [6.45, 7) is 7.61. The minimum Gasteiger partial charge on any atom is -0.382 e. The first kappa shape index (κ1) is 12.1. The van der Waals surface area contributed by atoms with Gasteiger partial charge in [-0.3, -0.25) is 4.98 Å². The number of pyridine rings is 1. The summed E-state index contributed by atoms with van der Waals surface area (Å²) in [7, 11) is 0. The van der Waals surface area contributed by atoms with Crippen molar-refractivity contribution >= 4 is 0 Å². The van der Waals surface area contributed by atoms with Gasteiger partial charge in [-0.2, -0.15) is 0 Å². The van der Waals surface area contributed by atoms with Crippen molar-refractivity contribution in [2.45, 2.75) is 26.8 Å². The molecule has 0 fully saturated rings. The van der Waals surface area contributed by atoms with Crippen LogP contribution in [0.15, 0.2) is 18.5 Å². The Labute approximate surface area is 91.9 Å². The van der Waals surface area contributed by atoms with Crippen molar-refractivity contribution in [2.24, 2.45) is 0 Å². The van der Waals surface area contributed by atoms with E-state index in [-0.39, 0.29) is 0 Å². The second-order valence-corrected chi connectivity index (χ2v) is 3.60. The fourth-order valence-electron chi connectivity index (χ4n) is 1.39. The number of ether oxygens (including phenoxy) is 1. The van der Waals surface area contributed by atoms with Gasteiger partial charge in [-0.05, 0) is 37.9 Å². The molecule has 0 saturated heterocycles. The van der Waals surface area contributed by atoms with Crippen LogP contribution in [0.2, 0.25) is 0 Å². The summed E-state index contributed by atoms with van der Waals surface area (Å²) in [5, 5.41) is 3.37. The number of aryl methyl sites for hydroxylation is 1. The van der Waals surface area contributed by atoms with Gasteiger partial charge in [0.1, 0.15) is 0 Å². The molecule has 3 heteroatoms. The topological polar surface area (TPSA) is 34.1 Å². The Bertz CT molecular complexity index is 276. The van der Waals surface area contributed by atoms with Crippen molar-refractivity contribution in [3.05, 3.63) is 29.6 Å². The van der Waals surface area contributed by atoms with Gasteiger partial charge < -0.3 is 10.1 Å². The summed E-state index contributed by atoms with van der Waals surface area (Å²) >= 11 is 0. The molecule has 0 amide bonds. The number of nitrogens with one attached hydrogen (secondary N) is 1. The second-order valence-electron chi connectivity index (χ2n) is 3.60. The van der Waals surface area contributed by atoms with Crippen molar-refractivity contribution in [3.8, 4) is 0 Å². The smallest absolute Gasteiger partial charge is 0.0477 e. The van der Waals surface area contributed by atoms with E-state index in [9.17, 15) is 0 Å². The molecule has 1 aromatic rings. The summed E-state index contributed by atoms with van der Waals surface area (Å²) in [5.74, 6) is 0. The number of rotatable bonds is 7. The quantitative estimate of drug-likeness (QED) is 0.695. The average molecular weight is 208 g/mol. The minimum absolute atomic E-state index is 0.807. The molecule has 0 aromatic carbocycles. The first-order valence-electron chi connectivity index (χ1n) is 5.52. The molecule has 15 heavy (non-hydrogen) atoms. The SMILES string of the molecule is CCOCCCNCc1cncc(C)c1. The van der Waals surface area contributed by atoms with Crippen LogP contribution in [0.5, 0.6) is 0 Å². The summed E-state index contributed by atoms with van der Waals surface area (Å²) in [4.78, 5) is 4.15. The molecule has 0 atom stereocenters. The standard InChI is InChI=1S/C12H20N2O/c1-3-15-6-4-5-13-9-12-7-11(2)8-14-10-12/h7-8,10,13H,3-6,9H2,1-2H3. The van der Waals surface area contributed by atoms with E-state index in [2.05, 4.69) is 23.3 Å². The zero-order chi connectivity index (χ0) is 10.9. The molecule has 0 radical (unpaired) electrons. The minimum atomic E-state index is 0.807. The number of hydrogen-bond acceptors (Lipinski definition) is 3. The Morgan fingerprint density at radius 1 is 1.40 bits per heavy atom. The number of aromatic nitrogens is 1. The molecule has 0 spiro atoms. The fraction of sp³-hybridized carbons (Fsp3) is 0.583. The molecule has 0 unspecified atom stereocenters. The molecular formula is C12H20N2O. The Kier molecular flexibility index (Phi) is 5.97. The maximum absolute atomic E-state index is 5.25. The molecule has 0 saturated carbocycles. The van der Waals surface area contributed by atoms with Crippen molar-refractivity contribution in [3.63, 3.8) is 0 Å². The second kappa shape index (κ2) is 7.37. The molecule has 1 N–H and O–H groups in total. The Morgan fingerprint density at radius 3 is 3.00 bits per heavy atom. The van der Waals surface area contributed by atoms with Crippen molar-refractivity contribution < 1.29 is 4.74 Å². The lowest BCUT2D eigenvalue weighted by atomic mass is 10.2. The molecule has 0 aliphatic carbocycles. The molecule has 3 nitrogen and oxygen atoms in total. The lowest BCUT2D eigenvalue weighted by Crippen LogP contribution is -2.16. The molecule has 1 heterocycles. The highest BCUT2D eigenvalue weighted by Gasteiger charge is 1.93. The third kappa shape index (κ3) is 5.50. The first-order chi connectivity index (χ1) is 7.33. The molecule has 0 bridgehead atoms. The van der Waals surface area contributed by atoms with Gasteiger partial charge in [0.2, 0.25) is 0 Å². The predicted molar refractivity (Wildman–Crippen MR) is 61.8 cm³/mol. The van der Waals surface area contributed by atoms with Crippen LogP contribution in [0.1, 0.15) is 24.5 Å². The summed E-state index contributed by atoms with van der Waals surface area (Å²) in [5.41, 5.74) is 2.45. The molecule has 0 aliphatic rings. The highest BCUT2D eigenvalue weighted by atomic mass is 16.5. The van der Waals surface area contributed by atoms with E-state index < -0.39 is 0 Å². The normalized spacial score (nSPS) is 10.5. The van der Waals surface area contributed by atoms with Crippen molar-refractivity contribution in [1.82, 2.24) is 10.3 Å². The van der Waals surface area contributed by atoms with Gasteiger partial charge in [0.25, 0.3) is 0 Å². The predicted octanol–water partition coefficient (Wildman–Crippen LogP) is 1.91. The van der Waals surface area contributed by atoms with Crippen LogP contribution >= 0.6 is 0 Å². The van der Waals surface area contributed by atoms with Gasteiger partial charge in [-0.15, -0.1) is 0 Å². The first-order valence-corrected chi connectivity index (χ1v) is 5.52. The highest BCUT2D eigenvalue weighted by Crippen LogP contribution is 2.00. The maximum Gasteiger partial charge on any atom is 0.0477 e. The molecule has 1 aromatic heterocycles. The van der Waals surface area contributed by atoms with Crippen molar-refractivity contribution in [1.29, 1.82) is 0 Å². The van der Waals surface area contributed by atoms with Gasteiger partial charge in [0.05, 0.1) is 0 Å². The highest BCUT2D eigenvalue weighted by molar-refractivity contribution is 5.16. The number of hydrogen-bond donors (Lipinski definition) is 1. The van der Waals surface area contributed by atoms with Gasteiger partial charge in [0.15, 0.2) is 0 Å². The van der Waals surface area contributed by atoms with E-state index in [0.29, 0.717) is 0 Å². The molecule has 84 valence electrons. The Balaban J connectivity index is 2.10. The van der Waals surface area contributed by atoms with Crippen LogP contribution in [-0.2, 0) is 11.3 Å². The van der Waals surface area contributed by atoms with E-state index >= 15 is 0 Å². The zero-order valence-electron chi connectivity index (χ0n) is 9.62. The van der Waals surface area contributed by atoms with Crippen LogP contribution in [0.25, 0.3) is 0 Å². The van der Waals surface area contributed by atoms with Crippen LogP contribution < -0.4 is 5.32 Å². The summed E-state index contributed by atoms with van der Waals surface area (Å²) in [6.07, 6.45) is 4.84. The largest absolute Gasteiger partial charge is 0.382 e. The van der Waals surface area contributed by atoms with Crippen LogP contribution in [0.4, 0.5) is 0 Å². The molecular weight excluding hydrogens is 188 g/mol. The van der Waals surface area contributed by atoms with Gasteiger partial charge in [-0.25, -0.2) is 0 Å². The average Bonchev–Trinajstić information content (AvgIpc) is 2.23. The number of nitrogens with zero attached hydrogens (tertiary/aromatic N) is 1. The molecule has 0 aliphatic heterocycles. The van der Waals surface area contributed by atoms with E-state index in [4.69, 9.17) is 4.74 Å². The van der Waals surface area contributed by atoms with Crippen LogP contribution in [0.3, 0.4) is 0 Å². The maximum atomic E-state index is 5.25. The monoisotopic (exact) mass is 208 g/mol. The van der Waals surface area contributed by atoms with E-state index in [0.717, 1.165) is 32.7 Å². The Morgan fingerprint density at radius 2 is 2.27 bits per heavy atom.